The summed E-state index contributed by atoms with van der Waals surface area (Å²) in [6.07, 6.45) is -4.56. The Bertz CT molecular complexity index is 573. The first-order valence-electron chi connectivity index (χ1n) is 6.03. The van der Waals surface area contributed by atoms with Crippen LogP contribution in [0.1, 0.15) is 22.8 Å². The maximum absolute atomic E-state index is 13.6. The Labute approximate surface area is 119 Å². The number of rotatable bonds is 3. The molecule has 3 nitrogen and oxygen atoms in total. The Morgan fingerprint density at radius 1 is 1.38 bits per heavy atom. The zero-order chi connectivity index (χ0) is 16.0. The SMILES string of the molecule is CCN(CC(F)(F)F)C(=O)c1cc(C#CCO)ccc1F. The predicted molar refractivity (Wildman–Crippen MR) is 68.0 cm³/mol. The molecule has 1 aromatic carbocycles. The number of aliphatic hydroxyl groups is 1. The molecule has 114 valence electrons. The van der Waals surface area contributed by atoms with Crippen molar-refractivity contribution in [1.29, 1.82) is 0 Å². The van der Waals surface area contributed by atoms with Crippen LogP contribution in [0.3, 0.4) is 0 Å². The molecule has 0 saturated heterocycles. The van der Waals surface area contributed by atoms with E-state index in [1.165, 1.54) is 13.0 Å². The van der Waals surface area contributed by atoms with E-state index in [0.29, 0.717) is 4.90 Å². The molecule has 1 amide bonds. The first kappa shape index (κ1) is 17.0. The first-order chi connectivity index (χ1) is 9.78. The average molecular weight is 303 g/mol. The van der Waals surface area contributed by atoms with E-state index in [2.05, 4.69) is 11.8 Å². The van der Waals surface area contributed by atoms with Crippen LogP contribution in [0.25, 0.3) is 0 Å². The van der Waals surface area contributed by atoms with Gasteiger partial charge in [-0.05, 0) is 25.1 Å². The van der Waals surface area contributed by atoms with Crippen LogP contribution in [0.5, 0.6) is 0 Å². The predicted octanol–water partition coefficient (Wildman–Crippen LogP) is 2.19. The molecule has 0 saturated carbocycles. The van der Waals surface area contributed by atoms with Crippen molar-refractivity contribution in [3.8, 4) is 11.8 Å². The molecule has 21 heavy (non-hydrogen) atoms. The summed E-state index contributed by atoms with van der Waals surface area (Å²) in [5.41, 5.74) is -0.247. The van der Waals surface area contributed by atoms with Crippen molar-refractivity contribution in [2.24, 2.45) is 0 Å². The molecule has 0 aromatic heterocycles. The molecular weight excluding hydrogens is 290 g/mol. The first-order valence-corrected chi connectivity index (χ1v) is 6.03. The maximum atomic E-state index is 13.6. The highest BCUT2D eigenvalue weighted by molar-refractivity contribution is 5.95. The summed E-state index contributed by atoms with van der Waals surface area (Å²) in [4.78, 5) is 12.5. The van der Waals surface area contributed by atoms with Gasteiger partial charge in [-0.25, -0.2) is 4.39 Å². The van der Waals surface area contributed by atoms with Crippen LogP contribution >= 0.6 is 0 Å². The lowest BCUT2D eigenvalue weighted by Gasteiger charge is -2.22. The lowest BCUT2D eigenvalue weighted by atomic mass is 10.1. The summed E-state index contributed by atoms with van der Waals surface area (Å²) in [5, 5.41) is 8.57. The third-order valence-electron chi connectivity index (χ3n) is 2.55. The van der Waals surface area contributed by atoms with E-state index in [-0.39, 0.29) is 12.1 Å². The number of hydrogen-bond acceptors (Lipinski definition) is 2. The van der Waals surface area contributed by atoms with Gasteiger partial charge >= 0.3 is 6.18 Å². The number of benzene rings is 1. The molecule has 0 atom stereocenters. The van der Waals surface area contributed by atoms with Crippen molar-refractivity contribution in [1.82, 2.24) is 4.90 Å². The number of hydrogen-bond donors (Lipinski definition) is 1. The second-order valence-electron chi connectivity index (χ2n) is 4.09. The van der Waals surface area contributed by atoms with Gasteiger partial charge in [-0.2, -0.15) is 13.2 Å². The molecule has 0 fully saturated rings. The Morgan fingerprint density at radius 3 is 2.57 bits per heavy atom. The number of amides is 1. The van der Waals surface area contributed by atoms with Crippen LogP contribution in [0, 0.1) is 17.7 Å². The van der Waals surface area contributed by atoms with Gasteiger partial charge in [0.15, 0.2) is 0 Å². The normalized spacial score (nSPS) is 10.8. The van der Waals surface area contributed by atoms with Gasteiger partial charge in [0.05, 0.1) is 5.56 Å². The van der Waals surface area contributed by atoms with Gasteiger partial charge in [0.1, 0.15) is 19.0 Å². The quantitative estimate of drug-likeness (QED) is 0.687. The van der Waals surface area contributed by atoms with Gasteiger partial charge in [-0.1, -0.05) is 11.8 Å². The standard InChI is InChI=1S/C14H13F4NO2/c1-2-19(9-14(16,17)18)13(21)11-8-10(4-3-7-20)5-6-12(11)15/h5-6,8,20H,2,7,9H2,1H3. The summed E-state index contributed by atoms with van der Waals surface area (Å²) in [7, 11) is 0. The molecule has 0 bridgehead atoms. The number of carbonyl (C=O) groups excluding carboxylic acids is 1. The zero-order valence-corrected chi connectivity index (χ0v) is 11.2. The monoisotopic (exact) mass is 303 g/mol. The third-order valence-corrected chi connectivity index (χ3v) is 2.55. The van der Waals surface area contributed by atoms with Gasteiger partial charge in [0, 0.05) is 12.1 Å². The minimum Gasteiger partial charge on any atom is -0.384 e. The van der Waals surface area contributed by atoms with Gasteiger partial charge in [-0.15, -0.1) is 0 Å². The Hall–Kier alpha value is -2.07. The van der Waals surface area contributed by atoms with Crippen LogP contribution < -0.4 is 0 Å². The van der Waals surface area contributed by atoms with E-state index >= 15 is 0 Å². The van der Waals surface area contributed by atoms with Crippen LogP contribution in [0.2, 0.25) is 0 Å². The molecule has 0 aliphatic rings. The average Bonchev–Trinajstić information content (AvgIpc) is 2.42. The van der Waals surface area contributed by atoms with Crippen LogP contribution in [0.4, 0.5) is 17.6 Å². The number of alkyl halides is 3. The fourth-order valence-electron chi connectivity index (χ4n) is 1.62. The molecule has 0 radical (unpaired) electrons. The van der Waals surface area contributed by atoms with E-state index in [1.54, 1.807) is 0 Å². The Kier molecular flexibility index (Phi) is 5.73. The number of aliphatic hydroxyl groups excluding tert-OH is 1. The van der Waals surface area contributed by atoms with E-state index in [1.807, 2.05) is 0 Å². The van der Waals surface area contributed by atoms with Gasteiger partial charge in [0.25, 0.3) is 5.91 Å². The van der Waals surface area contributed by atoms with Crippen molar-refractivity contribution in [3.63, 3.8) is 0 Å². The topological polar surface area (TPSA) is 40.5 Å². The van der Waals surface area contributed by atoms with Crippen molar-refractivity contribution >= 4 is 5.91 Å². The van der Waals surface area contributed by atoms with Crippen LogP contribution in [-0.4, -0.2) is 41.8 Å². The number of carbonyl (C=O) groups is 1. The zero-order valence-electron chi connectivity index (χ0n) is 11.2. The van der Waals surface area contributed by atoms with E-state index in [0.717, 1.165) is 12.1 Å². The van der Waals surface area contributed by atoms with Crippen molar-refractivity contribution < 1.29 is 27.5 Å². The minimum absolute atomic E-state index is 0.204. The highest BCUT2D eigenvalue weighted by atomic mass is 19.4. The molecule has 0 spiro atoms. The minimum atomic E-state index is -4.56. The second-order valence-corrected chi connectivity index (χ2v) is 4.09. The maximum Gasteiger partial charge on any atom is 0.406 e. The highest BCUT2D eigenvalue weighted by Crippen LogP contribution is 2.19. The van der Waals surface area contributed by atoms with E-state index in [4.69, 9.17) is 5.11 Å². The summed E-state index contributed by atoms with van der Waals surface area (Å²) in [6.45, 7) is -0.703. The largest absolute Gasteiger partial charge is 0.406 e. The van der Waals surface area contributed by atoms with Gasteiger partial charge in [0.2, 0.25) is 0 Å². The number of nitrogens with zero attached hydrogens (tertiary/aromatic N) is 1. The smallest absolute Gasteiger partial charge is 0.384 e. The fraction of sp³-hybridized carbons (Fsp3) is 0.357. The summed E-state index contributed by atoms with van der Waals surface area (Å²) in [6, 6.07) is 3.30. The molecule has 0 unspecified atom stereocenters. The van der Waals surface area contributed by atoms with E-state index < -0.39 is 36.6 Å². The molecular formula is C14H13F4NO2. The molecule has 7 heteroatoms. The Morgan fingerprint density at radius 2 is 2.05 bits per heavy atom. The van der Waals surface area contributed by atoms with E-state index in [9.17, 15) is 22.4 Å². The fourth-order valence-corrected chi connectivity index (χ4v) is 1.62. The molecule has 0 heterocycles. The molecule has 0 aliphatic heterocycles. The summed E-state index contributed by atoms with van der Waals surface area (Å²) in [5.74, 6) is 2.80. The second kappa shape index (κ2) is 7.09. The Balaban J connectivity index is 3.09. The van der Waals surface area contributed by atoms with Crippen molar-refractivity contribution in [2.75, 3.05) is 19.7 Å². The molecule has 1 N–H and O–H groups in total. The molecule has 1 aromatic rings. The van der Waals surface area contributed by atoms with Crippen LogP contribution in [0.15, 0.2) is 18.2 Å². The summed E-state index contributed by atoms with van der Waals surface area (Å²) < 4.78 is 50.8. The highest BCUT2D eigenvalue weighted by Gasteiger charge is 2.33. The summed E-state index contributed by atoms with van der Waals surface area (Å²) >= 11 is 0. The molecule has 1 rings (SSSR count). The van der Waals surface area contributed by atoms with Crippen LogP contribution in [-0.2, 0) is 0 Å². The lowest BCUT2D eigenvalue weighted by molar-refractivity contribution is -0.140. The van der Waals surface area contributed by atoms with Crippen molar-refractivity contribution in [2.45, 2.75) is 13.1 Å². The van der Waals surface area contributed by atoms with Gasteiger partial charge < -0.3 is 10.0 Å². The van der Waals surface area contributed by atoms with Gasteiger partial charge in [-0.3, -0.25) is 4.79 Å². The lowest BCUT2D eigenvalue weighted by Crippen LogP contribution is -2.39. The van der Waals surface area contributed by atoms with Crippen molar-refractivity contribution in [3.05, 3.63) is 35.1 Å². The number of halogens is 4. The molecule has 0 aliphatic carbocycles. The third kappa shape index (κ3) is 5.08.